The molecule has 5 heteroatoms. The Kier molecular flexibility index (Phi) is 3.05. The fourth-order valence-electron chi connectivity index (χ4n) is 2.72. The number of phenols is 1. The number of nitrogens with one attached hydrogen (secondary N) is 1. The number of phenolic OH excluding ortho intramolecular Hbond substituents is 1. The predicted molar refractivity (Wildman–Crippen MR) is 81.0 cm³/mol. The Balaban J connectivity index is 2.23. The smallest absolute Gasteiger partial charge is 0.248 e. The van der Waals surface area contributed by atoms with Crippen LogP contribution in [0.15, 0.2) is 41.6 Å². The van der Waals surface area contributed by atoms with Gasteiger partial charge in [0.1, 0.15) is 0 Å². The van der Waals surface area contributed by atoms with Crippen molar-refractivity contribution in [3.8, 4) is 11.5 Å². The van der Waals surface area contributed by atoms with Gasteiger partial charge in [0.2, 0.25) is 5.91 Å². The van der Waals surface area contributed by atoms with Crippen molar-refractivity contribution >= 4 is 17.3 Å². The lowest BCUT2D eigenvalue weighted by Crippen LogP contribution is -2.25. The van der Waals surface area contributed by atoms with Crippen LogP contribution < -0.4 is 10.1 Å². The van der Waals surface area contributed by atoms with Crippen LogP contribution in [0, 0.1) is 0 Å². The maximum Gasteiger partial charge on any atom is 0.248 e. The van der Waals surface area contributed by atoms with Crippen molar-refractivity contribution in [2.24, 2.45) is 4.99 Å². The van der Waals surface area contributed by atoms with Gasteiger partial charge in [-0.1, -0.05) is 13.0 Å². The van der Waals surface area contributed by atoms with E-state index in [1.54, 1.807) is 24.4 Å². The third-order valence-electron chi connectivity index (χ3n) is 3.85. The number of methoxy groups -OCH3 is 1. The molecule has 1 atom stereocenters. The molecule has 3 rings (SSSR count). The van der Waals surface area contributed by atoms with Gasteiger partial charge in [0.15, 0.2) is 11.5 Å². The number of ether oxygens (including phenoxy) is 1. The van der Waals surface area contributed by atoms with E-state index in [-0.39, 0.29) is 17.1 Å². The minimum absolute atomic E-state index is 0.0522. The first-order chi connectivity index (χ1) is 10.0. The van der Waals surface area contributed by atoms with E-state index in [1.807, 2.05) is 13.0 Å². The van der Waals surface area contributed by atoms with Crippen molar-refractivity contribution in [2.75, 3.05) is 12.4 Å². The molecule has 1 aromatic carbocycles. The Morgan fingerprint density at radius 3 is 2.95 bits per heavy atom. The summed E-state index contributed by atoms with van der Waals surface area (Å²) in [6, 6.07) is 3.29. The Morgan fingerprint density at radius 1 is 1.38 bits per heavy atom. The number of allylic oxidation sites excluding steroid dienone is 2. The minimum atomic E-state index is -0.349. The van der Waals surface area contributed by atoms with Gasteiger partial charge < -0.3 is 15.2 Å². The van der Waals surface area contributed by atoms with Gasteiger partial charge in [-0.05, 0) is 17.7 Å². The van der Waals surface area contributed by atoms with Crippen molar-refractivity contribution < 1.29 is 14.6 Å². The second-order valence-corrected chi connectivity index (χ2v) is 5.42. The molecule has 2 heterocycles. The van der Waals surface area contributed by atoms with E-state index >= 15 is 0 Å². The fourth-order valence-corrected chi connectivity index (χ4v) is 2.72. The van der Waals surface area contributed by atoms with E-state index in [1.165, 1.54) is 13.2 Å². The van der Waals surface area contributed by atoms with Crippen LogP contribution in [0.5, 0.6) is 11.5 Å². The zero-order valence-corrected chi connectivity index (χ0v) is 11.9. The zero-order chi connectivity index (χ0) is 15.0. The minimum Gasteiger partial charge on any atom is -0.504 e. The highest BCUT2D eigenvalue weighted by Crippen LogP contribution is 2.42. The molecule has 0 aromatic heterocycles. The van der Waals surface area contributed by atoms with Gasteiger partial charge in [0.05, 0.1) is 7.11 Å². The Hall–Kier alpha value is -2.56. The second kappa shape index (κ2) is 4.77. The molecule has 2 aliphatic heterocycles. The number of hydrogen-bond donors (Lipinski definition) is 2. The van der Waals surface area contributed by atoms with Crippen LogP contribution in [-0.4, -0.2) is 23.8 Å². The number of anilines is 1. The highest BCUT2D eigenvalue weighted by Gasteiger charge is 2.32. The first-order valence-electron chi connectivity index (χ1n) is 6.67. The Bertz CT molecular complexity index is 704. The van der Waals surface area contributed by atoms with Crippen LogP contribution in [0.3, 0.4) is 0 Å². The number of rotatable bonds is 1. The lowest BCUT2D eigenvalue weighted by atomic mass is 9.76. The Labute approximate surface area is 122 Å². The predicted octanol–water partition coefficient (Wildman–Crippen LogP) is 2.53. The molecule has 0 fully saturated rings. The van der Waals surface area contributed by atoms with E-state index in [4.69, 9.17) is 4.74 Å². The Morgan fingerprint density at radius 2 is 2.19 bits per heavy atom. The van der Waals surface area contributed by atoms with Gasteiger partial charge >= 0.3 is 0 Å². The van der Waals surface area contributed by atoms with Crippen LogP contribution in [0.2, 0.25) is 0 Å². The summed E-state index contributed by atoms with van der Waals surface area (Å²) in [5, 5.41) is 12.9. The molecule has 0 saturated heterocycles. The van der Waals surface area contributed by atoms with Crippen LogP contribution in [0.4, 0.5) is 5.69 Å². The lowest BCUT2D eigenvalue weighted by Gasteiger charge is -2.30. The van der Waals surface area contributed by atoms with Crippen LogP contribution in [0.1, 0.15) is 18.9 Å². The average molecular weight is 284 g/mol. The van der Waals surface area contributed by atoms with Crippen molar-refractivity contribution in [2.45, 2.75) is 18.8 Å². The van der Waals surface area contributed by atoms with Crippen molar-refractivity contribution in [1.82, 2.24) is 0 Å². The highest BCUT2D eigenvalue weighted by molar-refractivity contribution is 6.07. The number of carbonyl (C=O) groups is 1. The quantitative estimate of drug-likeness (QED) is 0.778. The molecular formula is C16H16N2O3. The van der Waals surface area contributed by atoms with Gasteiger partial charge in [0.25, 0.3) is 0 Å². The standard InChI is InChI=1S/C16H16N2O3/c1-16-5-6-17-10(9-16)3-4-15(20)18-12-8-14(21-2)13(19)7-11(12)16/h3-8,19H,9H2,1-2H3,(H,18,20)/b4-3-. The second-order valence-electron chi connectivity index (χ2n) is 5.42. The van der Waals surface area contributed by atoms with Gasteiger partial charge in [-0.3, -0.25) is 9.79 Å². The number of benzene rings is 1. The molecule has 2 N–H and O–H groups in total. The molecule has 21 heavy (non-hydrogen) atoms. The summed E-state index contributed by atoms with van der Waals surface area (Å²) in [4.78, 5) is 16.2. The summed E-state index contributed by atoms with van der Waals surface area (Å²) >= 11 is 0. The number of hydrogen-bond acceptors (Lipinski definition) is 4. The normalized spacial score (nSPS) is 24.9. The van der Waals surface area contributed by atoms with Crippen LogP contribution in [-0.2, 0) is 10.2 Å². The maximum absolute atomic E-state index is 12.0. The summed E-state index contributed by atoms with van der Waals surface area (Å²) in [5.74, 6) is 0.147. The van der Waals surface area contributed by atoms with Gasteiger partial charge in [-0.2, -0.15) is 0 Å². The van der Waals surface area contributed by atoms with E-state index < -0.39 is 0 Å². The summed E-state index contributed by atoms with van der Waals surface area (Å²) in [5.41, 5.74) is 1.95. The van der Waals surface area contributed by atoms with Crippen LogP contribution >= 0.6 is 0 Å². The fraction of sp³-hybridized carbons (Fsp3) is 0.250. The summed E-state index contributed by atoms with van der Waals surface area (Å²) < 4.78 is 5.13. The molecule has 0 radical (unpaired) electrons. The number of nitrogens with zero attached hydrogens (tertiary/aromatic N) is 1. The summed E-state index contributed by atoms with van der Waals surface area (Å²) in [6.07, 6.45) is 7.57. The number of amides is 1. The van der Waals surface area contributed by atoms with Gasteiger partial charge in [-0.15, -0.1) is 0 Å². The topological polar surface area (TPSA) is 70.9 Å². The largest absolute Gasteiger partial charge is 0.504 e. The lowest BCUT2D eigenvalue weighted by molar-refractivity contribution is -0.111. The van der Waals surface area contributed by atoms with E-state index in [9.17, 15) is 9.90 Å². The number of carbonyl (C=O) groups excluding carboxylic acids is 1. The van der Waals surface area contributed by atoms with Gasteiger partial charge in [-0.25, -0.2) is 0 Å². The molecule has 108 valence electrons. The molecular weight excluding hydrogens is 268 g/mol. The third kappa shape index (κ3) is 2.31. The highest BCUT2D eigenvalue weighted by atomic mass is 16.5. The number of fused-ring (bicyclic) bond motifs is 4. The first kappa shape index (κ1) is 13.4. The average Bonchev–Trinajstić information content (AvgIpc) is 2.48. The maximum atomic E-state index is 12.0. The summed E-state index contributed by atoms with van der Waals surface area (Å²) in [7, 11) is 1.48. The van der Waals surface area contributed by atoms with Gasteiger partial charge in [0, 0.05) is 41.6 Å². The van der Waals surface area contributed by atoms with E-state index in [0.29, 0.717) is 17.9 Å². The molecule has 1 unspecified atom stereocenters. The molecule has 2 bridgehead atoms. The monoisotopic (exact) mass is 284 g/mol. The van der Waals surface area contributed by atoms with Crippen molar-refractivity contribution in [1.29, 1.82) is 0 Å². The van der Waals surface area contributed by atoms with E-state index in [0.717, 1.165) is 11.3 Å². The molecule has 2 aliphatic rings. The number of aromatic hydroxyl groups is 1. The van der Waals surface area contributed by atoms with Crippen LogP contribution in [0.25, 0.3) is 0 Å². The molecule has 0 saturated carbocycles. The van der Waals surface area contributed by atoms with Crippen molar-refractivity contribution in [3.05, 3.63) is 42.1 Å². The summed E-state index contributed by atoms with van der Waals surface area (Å²) in [6.45, 7) is 2.05. The van der Waals surface area contributed by atoms with Crippen molar-refractivity contribution in [3.63, 3.8) is 0 Å². The number of aliphatic imine (C=N–C) groups is 1. The molecule has 0 aliphatic carbocycles. The third-order valence-corrected chi connectivity index (χ3v) is 3.85. The molecule has 1 amide bonds. The van der Waals surface area contributed by atoms with E-state index in [2.05, 4.69) is 10.3 Å². The molecule has 0 spiro atoms. The SMILES string of the molecule is COc1cc2c(cc1O)C1(C)C=CN=C(/C=C\C(=O)N2)C1. The molecule has 1 aromatic rings. The first-order valence-corrected chi connectivity index (χ1v) is 6.67. The molecule has 5 nitrogen and oxygen atoms in total. The zero-order valence-electron chi connectivity index (χ0n) is 11.9.